The first-order chi connectivity index (χ1) is 13.6. The van der Waals surface area contributed by atoms with E-state index in [0.717, 1.165) is 5.69 Å². The van der Waals surface area contributed by atoms with E-state index >= 15 is 0 Å². The highest BCUT2D eigenvalue weighted by Gasteiger charge is 2.35. The molecule has 2 heteroatoms. The Morgan fingerprint density at radius 1 is 0.714 bits per heavy atom. The SMILES string of the molecule is CC1(C)c2ccccc2-c2cnc(-c3cccc4c3sc3ccccc34)cc21. The van der Waals surface area contributed by atoms with Gasteiger partial charge in [0.05, 0.1) is 5.69 Å². The van der Waals surface area contributed by atoms with E-state index in [2.05, 4.69) is 92.8 Å². The molecule has 134 valence electrons. The first-order valence-electron chi connectivity index (χ1n) is 9.65. The van der Waals surface area contributed by atoms with E-state index in [1.165, 1.54) is 48.0 Å². The summed E-state index contributed by atoms with van der Waals surface area (Å²) in [6.07, 6.45) is 2.07. The van der Waals surface area contributed by atoms with Crippen molar-refractivity contribution in [2.24, 2.45) is 0 Å². The topological polar surface area (TPSA) is 12.9 Å². The summed E-state index contributed by atoms with van der Waals surface area (Å²) in [7, 11) is 0. The Labute approximate surface area is 168 Å². The van der Waals surface area contributed by atoms with Gasteiger partial charge in [-0.25, -0.2) is 0 Å². The van der Waals surface area contributed by atoms with Crippen LogP contribution in [0.25, 0.3) is 42.6 Å². The number of fused-ring (bicyclic) bond motifs is 6. The largest absolute Gasteiger partial charge is 0.256 e. The Morgan fingerprint density at radius 2 is 1.46 bits per heavy atom. The predicted molar refractivity (Wildman–Crippen MR) is 120 cm³/mol. The number of hydrogen-bond acceptors (Lipinski definition) is 2. The fourth-order valence-corrected chi connectivity index (χ4v) is 5.92. The zero-order valence-corrected chi connectivity index (χ0v) is 16.7. The highest BCUT2D eigenvalue weighted by Crippen LogP contribution is 2.49. The van der Waals surface area contributed by atoms with E-state index in [1.807, 2.05) is 11.3 Å². The molecule has 0 bridgehead atoms. The van der Waals surface area contributed by atoms with Crippen molar-refractivity contribution in [2.45, 2.75) is 19.3 Å². The maximum absolute atomic E-state index is 4.91. The standard InChI is InChI=1S/C26H19NS/c1-26(2)21-12-5-3-8-16(21)20-15-27-23(14-22(20)26)19-11-7-10-18-17-9-4-6-13-24(17)28-25(18)19/h3-15H,1-2H3. The molecule has 0 saturated carbocycles. The molecule has 6 rings (SSSR count). The molecule has 1 nitrogen and oxygen atoms in total. The number of hydrogen-bond donors (Lipinski definition) is 0. The summed E-state index contributed by atoms with van der Waals surface area (Å²) in [4.78, 5) is 4.91. The molecule has 0 N–H and O–H groups in total. The van der Waals surface area contributed by atoms with Crippen molar-refractivity contribution < 1.29 is 0 Å². The van der Waals surface area contributed by atoms with Gasteiger partial charge in [-0.2, -0.15) is 0 Å². The number of rotatable bonds is 1. The van der Waals surface area contributed by atoms with Gasteiger partial charge in [-0.1, -0.05) is 74.5 Å². The summed E-state index contributed by atoms with van der Waals surface area (Å²) in [5, 5.41) is 2.65. The van der Waals surface area contributed by atoms with Gasteiger partial charge in [-0.3, -0.25) is 4.98 Å². The van der Waals surface area contributed by atoms with Crippen LogP contribution in [0, 0.1) is 0 Å². The monoisotopic (exact) mass is 377 g/mol. The van der Waals surface area contributed by atoms with Gasteiger partial charge in [0.25, 0.3) is 0 Å². The zero-order chi connectivity index (χ0) is 18.9. The third-order valence-electron chi connectivity index (χ3n) is 6.15. The molecule has 0 aliphatic heterocycles. The molecular weight excluding hydrogens is 358 g/mol. The molecule has 2 heterocycles. The summed E-state index contributed by atoms with van der Waals surface area (Å²) < 4.78 is 2.66. The van der Waals surface area contributed by atoms with Crippen LogP contribution >= 0.6 is 11.3 Å². The quantitative estimate of drug-likeness (QED) is 0.296. The van der Waals surface area contributed by atoms with Crippen LogP contribution in [0.2, 0.25) is 0 Å². The van der Waals surface area contributed by atoms with Crippen molar-refractivity contribution in [1.82, 2.24) is 4.98 Å². The molecule has 0 radical (unpaired) electrons. The van der Waals surface area contributed by atoms with Gasteiger partial charge < -0.3 is 0 Å². The molecule has 0 spiro atoms. The molecule has 0 amide bonds. The van der Waals surface area contributed by atoms with Gasteiger partial charge in [-0.15, -0.1) is 11.3 Å². The lowest BCUT2D eigenvalue weighted by atomic mass is 9.82. The molecule has 0 unspecified atom stereocenters. The molecule has 0 atom stereocenters. The summed E-state index contributed by atoms with van der Waals surface area (Å²) in [6.45, 7) is 4.64. The molecule has 28 heavy (non-hydrogen) atoms. The molecule has 0 fully saturated rings. The molecule has 0 saturated heterocycles. The van der Waals surface area contributed by atoms with Crippen molar-refractivity contribution in [2.75, 3.05) is 0 Å². The third-order valence-corrected chi connectivity index (χ3v) is 7.37. The van der Waals surface area contributed by atoms with E-state index in [-0.39, 0.29) is 5.41 Å². The maximum atomic E-state index is 4.91. The van der Waals surface area contributed by atoms with Crippen molar-refractivity contribution in [3.05, 3.63) is 90.1 Å². The van der Waals surface area contributed by atoms with Crippen LogP contribution in [0.3, 0.4) is 0 Å². The van der Waals surface area contributed by atoms with Gasteiger partial charge in [0.2, 0.25) is 0 Å². The Balaban J connectivity index is 1.61. The van der Waals surface area contributed by atoms with Crippen LogP contribution in [-0.2, 0) is 5.41 Å². The molecular formula is C26H19NS. The van der Waals surface area contributed by atoms with E-state index in [0.29, 0.717) is 0 Å². The number of aromatic nitrogens is 1. The number of pyridine rings is 1. The Kier molecular flexibility index (Phi) is 3.16. The van der Waals surface area contributed by atoms with Gasteiger partial charge in [0, 0.05) is 42.9 Å². The summed E-state index contributed by atoms with van der Waals surface area (Å²) in [5.74, 6) is 0. The van der Waals surface area contributed by atoms with E-state index in [1.54, 1.807) is 0 Å². The molecule has 2 aromatic heterocycles. The molecule has 5 aromatic rings. The lowest BCUT2D eigenvalue weighted by Crippen LogP contribution is -2.15. The minimum atomic E-state index is -0.00231. The first-order valence-corrected chi connectivity index (χ1v) is 10.5. The average Bonchev–Trinajstić information content (AvgIpc) is 3.22. The van der Waals surface area contributed by atoms with Gasteiger partial charge in [0.15, 0.2) is 0 Å². The normalized spacial score (nSPS) is 14.4. The Bertz CT molecular complexity index is 1390. The summed E-state index contributed by atoms with van der Waals surface area (Å²) in [6, 6.07) is 26.3. The Morgan fingerprint density at radius 3 is 2.39 bits per heavy atom. The smallest absolute Gasteiger partial charge is 0.0719 e. The predicted octanol–water partition coefficient (Wildman–Crippen LogP) is 7.42. The van der Waals surface area contributed by atoms with Crippen LogP contribution in [0.1, 0.15) is 25.0 Å². The minimum Gasteiger partial charge on any atom is -0.256 e. The summed E-state index contributed by atoms with van der Waals surface area (Å²) >= 11 is 1.86. The third kappa shape index (κ3) is 2.04. The van der Waals surface area contributed by atoms with Crippen molar-refractivity contribution in [3.8, 4) is 22.4 Å². The fourth-order valence-electron chi connectivity index (χ4n) is 4.69. The first kappa shape index (κ1) is 16.0. The number of benzene rings is 3. The summed E-state index contributed by atoms with van der Waals surface area (Å²) in [5.41, 5.74) is 7.65. The van der Waals surface area contributed by atoms with E-state index < -0.39 is 0 Å². The van der Waals surface area contributed by atoms with Crippen molar-refractivity contribution >= 4 is 31.5 Å². The van der Waals surface area contributed by atoms with Gasteiger partial charge in [-0.05, 0) is 28.8 Å². The second-order valence-corrected chi connectivity index (χ2v) is 9.12. The second-order valence-electron chi connectivity index (χ2n) is 8.07. The number of nitrogens with zero attached hydrogens (tertiary/aromatic N) is 1. The van der Waals surface area contributed by atoms with Crippen molar-refractivity contribution in [1.29, 1.82) is 0 Å². The van der Waals surface area contributed by atoms with Gasteiger partial charge in [0.1, 0.15) is 0 Å². The Hall–Kier alpha value is -2.97. The zero-order valence-electron chi connectivity index (χ0n) is 15.9. The van der Waals surface area contributed by atoms with E-state index in [4.69, 9.17) is 4.98 Å². The van der Waals surface area contributed by atoms with Crippen LogP contribution < -0.4 is 0 Å². The van der Waals surface area contributed by atoms with Gasteiger partial charge >= 0.3 is 0 Å². The average molecular weight is 378 g/mol. The van der Waals surface area contributed by atoms with Crippen molar-refractivity contribution in [3.63, 3.8) is 0 Å². The fraction of sp³-hybridized carbons (Fsp3) is 0.115. The molecule has 1 aliphatic carbocycles. The van der Waals surface area contributed by atoms with E-state index in [9.17, 15) is 0 Å². The lowest BCUT2D eigenvalue weighted by Gasteiger charge is -2.21. The maximum Gasteiger partial charge on any atom is 0.0719 e. The highest BCUT2D eigenvalue weighted by atomic mass is 32.1. The number of thiophene rings is 1. The van der Waals surface area contributed by atoms with Crippen LogP contribution in [-0.4, -0.2) is 4.98 Å². The molecule has 1 aliphatic rings. The van der Waals surface area contributed by atoms with Crippen LogP contribution in [0.15, 0.2) is 79.0 Å². The second kappa shape index (κ2) is 5.52. The highest BCUT2D eigenvalue weighted by molar-refractivity contribution is 7.26. The lowest BCUT2D eigenvalue weighted by molar-refractivity contribution is 0.660. The van der Waals surface area contributed by atoms with Crippen LogP contribution in [0.4, 0.5) is 0 Å². The minimum absolute atomic E-state index is 0.00231. The molecule has 3 aromatic carbocycles. The van der Waals surface area contributed by atoms with Crippen LogP contribution in [0.5, 0.6) is 0 Å².